The van der Waals surface area contributed by atoms with Crippen molar-refractivity contribution in [3.8, 4) is 5.75 Å². The molecule has 2 aliphatic rings. The van der Waals surface area contributed by atoms with Crippen LogP contribution in [0, 0.1) is 0 Å². The Kier molecular flexibility index (Phi) is 8.44. The number of anilines is 3. The maximum Gasteiger partial charge on any atom is 0.419 e. The molecule has 230 valence electrons. The minimum Gasteiger partial charge on any atom is -0.494 e. The fourth-order valence-electron chi connectivity index (χ4n) is 6.58. The quantitative estimate of drug-likeness (QED) is 0.325. The number of carbonyl (C=O) groups is 1. The lowest BCUT2D eigenvalue weighted by atomic mass is 9.81. The number of aryl methyl sites for hydroxylation is 2. The van der Waals surface area contributed by atoms with E-state index in [0.717, 1.165) is 48.2 Å². The third kappa shape index (κ3) is 6.20. The normalized spacial score (nSPS) is 18.7. The number of hydrogen-bond donors (Lipinski definition) is 1. The highest BCUT2D eigenvalue weighted by Crippen LogP contribution is 2.39. The van der Waals surface area contributed by atoms with Crippen LogP contribution in [0.3, 0.4) is 0 Å². The SMILES string of the molecule is COc1cc(N2CCN(C(C)C)[C@H](C)C2)ccc1Nc1ncc(C(F)(F)F)c(CCc2cccc3c2C(C)(C)C(=O)C3)n1. The molecule has 0 radical (unpaired) electrons. The van der Waals surface area contributed by atoms with Crippen molar-refractivity contribution >= 4 is 23.1 Å². The molecule has 5 rings (SSSR count). The lowest BCUT2D eigenvalue weighted by Crippen LogP contribution is -2.54. The van der Waals surface area contributed by atoms with Gasteiger partial charge >= 0.3 is 6.18 Å². The molecule has 0 bridgehead atoms. The summed E-state index contributed by atoms with van der Waals surface area (Å²) in [6.45, 7) is 13.1. The van der Waals surface area contributed by atoms with E-state index in [2.05, 4.69) is 45.9 Å². The van der Waals surface area contributed by atoms with Gasteiger partial charge in [0.2, 0.25) is 5.95 Å². The second-order valence-corrected chi connectivity index (χ2v) is 12.4. The predicted molar refractivity (Wildman–Crippen MR) is 162 cm³/mol. The summed E-state index contributed by atoms with van der Waals surface area (Å²) >= 11 is 0. The van der Waals surface area contributed by atoms with Crippen LogP contribution in [0.4, 0.5) is 30.5 Å². The third-order valence-electron chi connectivity index (χ3n) is 8.85. The van der Waals surface area contributed by atoms with Gasteiger partial charge < -0.3 is 15.0 Å². The summed E-state index contributed by atoms with van der Waals surface area (Å²) in [5, 5.41) is 3.08. The fraction of sp³-hybridized carbons (Fsp3) is 0.485. The van der Waals surface area contributed by atoms with Gasteiger partial charge in [0.25, 0.3) is 0 Å². The van der Waals surface area contributed by atoms with Gasteiger partial charge in [-0.25, -0.2) is 9.97 Å². The topological polar surface area (TPSA) is 70.6 Å². The number of aromatic nitrogens is 2. The summed E-state index contributed by atoms with van der Waals surface area (Å²) in [7, 11) is 1.56. The highest BCUT2D eigenvalue weighted by molar-refractivity contribution is 5.96. The van der Waals surface area contributed by atoms with E-state index in [1.165, 1.54) is 0 Å². The number of Topliss-reactive ketones (excluding diaryl/α,β-unsaturated/α-hetero) is 1. The molecule has 0 unspecified atom stereocenters. The van der Waals surface area contributed by atoms with Crippen molar-refractivity contribution in [3.05, 3.63) is 70.5 Å². The molecular formula is C33H40F3N5O2. The lowest BCUT2D eigenvalue weighted by Gasteiger charge is -2.43. The number of ketones is 1. The van der Waals surface area contributed by atoms with E-state index in [1.54, 1.807) is 7.11 Å². The monoisotopic (exact) mass is 595 g/mol. The summed E-state index contributed by atoms with van der Waals surface area (Å²) < 4.78 is 47.6. The van der Waals surface area contributed by atoms with Crippen molar-refractivity contribution in [2.45, 2.75) is 77.6 Å². The van der Waals surface area contributed by atoms with E-state index in [-0.39, 0.29) is 23.8 Å². The van der Waals surface area contributed by atoms with Gasteiger partial charge in [0, 0.05) is 61.5 Å². The van der Waals surface area contributed by atoms with Crippen LogP contribution in [0.2, 0.25) is 0 Å². The molecule has 1 atom stereocenters. The molecule has 1 aliphatic carbocycles. The van der Waals surface area contributed by atoms with Gasteiger partial charge in [-0.05, 0) is 76.3 Å². The molecule has 43 heavy (non-hydrogen) atoms. The molecule has 0 spiro atoms. The van der Waals surface area contributed by atoms with Gasteiger partial charge in [-0.15, -0.1) is 0 Å². The average Bonchev–Trinajstić information content (AvgIpc) is 3.19. The number of carbonyl (C=O) groups excluding carboxylic acids is 1. The second-order valence-electron chi connectivity index (χ2n) is 12.4. The molecule has 1 N–H and O–H groups in total. The number of halogens is 3. The Morgan fingerprint density at radius 2 is 1.91 bits per heavy atom. The zero-order valence-electron chi connectivity index (χ0n) is 25.7. The van der Waals surface area contributed by atoms with Crippen LogP contribution >= 0.6 is 0 Å². The third-order valence-corrected chi connectivity index (χ3v) is 8.85. The minimum atomic E-state index is -4.60. The van der Waals surface area contributed by atoms with E-state index in [9.17, 15) is 18.0 Å². The van der Waals surface area contributed by atoms with Gasteiger partial charge in [0.05, 0.1) is 24.1 Å². The van der Waals surface area contributed by atoms with Crippen LogP contribution in [-0.4, -0.2) is 59.5 Å². The summed E-state index contributed by atoms with van der Waals surface area (Å²) in [5.74, 6) is 0.724. The van der Waals surface area contributed by atoms with Gasteiger partial charge in [0.1, 0.15) is 11.5 Å². The fourth-order valence-corrected chi connectivity index (χ4v) is 6.58. The molecule has 1 fully saturated rings. The van der Waals surface area contributed by atoms with E-state index in [4.69, 9.17) is 4.74 Å². The Bertz CT molecular complexity index is 1500. The Balaban J connectivity index is 1.38. The van der Waals surface area contributed by atoms with Gasteiger partial charge in [-0.2, -0.15) is 13.2 Å². The standard InChI is InChI=1S/C33H40F3N5O2/c1-20(2)41-15-14-40(19-21(41)3)24-11-13-27(28(17-24)43-6)39-31-37-18-25(33(34,35)36)26(38-31)12-10-22-8-7-9-23-16-29(42)32(4,5)30(22)23/h7-9,11,13,17-18,20-21H,10,12,14-16,19H2,1-6H3,(H,37,38,39)/t21-/m1/s1. The number of piperazine rings is 1. The van der Waals surface area contributed by atoms with Crippen molar-refractivity contribution < 1.29 is 22.7 Å². The van der Waals surface area contributed by atoms with Crippen LogP contribution in [0.15, 0.2) is 42.6 Å². The molecule has 2 heterocycles. The Morgan fingerprint density at radius 1 is 1.14 bits per heavy atom. The van der Waals surface area contributed by atoms with E-state index < -0.39 is 17.2 Å². The van der Waals surface area contributed by atoms with Crippen molar-refractivity contribution in [3.63, 3.8) is 0 Å². The first-order valence-electron chi connectivity index (χ1n) is 14.8. The molecular weight excluding hydrogens is 555 g/mol. The molecule has 2 aromatic carbocycles. The first kappa shape index (κ1) is 30.8. The Morgan fingerprint density at radius 3 is 2.58 bits per heavy atom. The molecule has 0 saturated carbocycles. The van der Waals surface area contributed by atoms with E-state index in [1.807, 2.05) is 50.2 Å². The van der Waals surface area contributed by atoms with Gasteiger partial charge in [0.15, 0.2) is 0 Å². The number of benzene rings is 2. The summed E-state index contributed by atoms with van der Waals surface area (Å²) in [4.78, 5) is 25.8. The zero-order chi connectivity index (χ0) is 31.1. The highest BCUT2D eigenvalue weighted by Gasteiger charge is 2.40. The maximum atomic E-state index is 14.0. The smallest absolute Gasteiger partial charge is 0.419 e. The first-order chi connectivity index (χ1) is 20.3. The summed E-state index contributed by atoms with van der Waals surface area (Å²) in [6, 6.07) is 12.3. The summed E-state index contributed by atoms with van der Waals surface area (Å²) in [6.07, 6.45) is -3.05. The molecule has 1 aromatic heterocycles. The van der Waals surface area contributed by atoms with Crippen molar-refractivity contribution in [2.24, 2.45) is 0 Å². The highest BCUT2D eigenvalue weighted by atomic mass is 19.4. The molecule has 1 saturated heterocycles. The van der Waals surface area contributed by atoms with Crippen LogP contribution in [-0.2, 0) is 35.6 Å². The number of nitrogens with one attached hydrogen (secondary N) is 1. The van der Waals surface area contributed by atoms with Gasteiger partial charge in [-0.3, -0.25) is 9.69 Å². The van der Waals surface area contributed by atoms with Crippen molar-refractivity contribution in [1.29, 1.82) is 0 Å². The van der Waals surface area contributed by atoms with Crippen LogP contribution in [0.5, 0.6) is 5.75 Å². The molecule has 10 heteroatoms. The van der Waals surface area contributed by atoms with E-state index >= 15 is 0 Å². The molecule has 7 nitrogen and oxygen atoms in total. The average molecular weight is 596 g/mol. The van der Waals surface area contributed by atoms with Crippen LogP contribution in [0.25, 0.3) is 0 Å². The number of fused-ring (bicyclic) bond motifs is 1. The largest absolute Gasteiger partial charge is 0.494 e. The van der Waals surface area contributed by atoms with Crippen molar-refractivity contribution in [2.75, 3.05) is 37.0 Å². The lowest BCUT2D eigenvalue weighted by molar-refractivity contribution is -0.138. The maximum absolute atomic E-state index is 14.0. The predicted octanol–water partition coefficient (Wildman–Crippen LogP) is 6.35. The zero-order valence-corrected chi connectivity index (χ0v) is 25.7. The molecule has 1 aliphatic heterocycles. The minimum absolute atomic E-state index is 0.0450. The van der Waals surface area contributed by atoms with Crippen LogP contribution < -0.4 is 15.0 Å². The Labute approximate surface area is 251 Å². The first-order valence-corrected chi connectivity index (χ1v) is 14.8. The number of ether oxygens (including phenoxy) is 1. The second kappa shape index (κ2) is 11.8. The molecule has 3 aromatic rings. The number of methoxy groups -OCH3 is 1. The number of rotatable bonds is 8. The summed E-state index contributed by atoms with van der Waals surface area (Å²) in [5.41, 5.74) is 2.69. The number of hydrogen-bond acceptors (Lipinski definition) is 7. The Hall–Kier alpha value is -3.66. The van der Waals surface area contributed by atoms with Gasteiger partial charge in [-0.1, -0.05) is 18.2 Å². The number of nitrogens with zero attached hydrogens (tertiary/aromatic N) is 4. The molecule has 0 amide bonds. The van der Waals surface area contributed by atoms with Crippen molar-refractivity contribution in [1.82, 2.24) is 14.9 Å². The number of alkyl halides is 3. The van der Waals surface area contributed by atoms with E-state index in [0.29, 0.717) is 36.4 Å². The van der Waals surface area contributed by atoms with Crippen LogP contribution in [0.1, 0.15) is 62.6 Å².